The molecule has 0 aliphatic carbocycles. The Kier molecular flexibility index (Phi) is 1.76. The van der Waals surface area contributed by atoms with Crippen LogP contribution in [0.3, 0.4) is 0 Å². The highest BCUT2D eigenvalue weighted by atomic mass is 79.9. The molecule has 2 heteroatoms. The van der Waals surface area contributed by atoms with Gasteiger partial charge in [0.1, 0.15) is 12.0 Å². The SMILES string of the molecule is C=C(C)c1cc(Br)co1. The molecule has 0 spiro atoms. The third-order valence-electron chi connectivity index (χ3n) is 0.988. The number of hydrogen-bond acceptors (Lipinski definition) is 1. The first-order valence-corrected chi connectivity index (χ1v) is 3.39. The van der Waals surface area contributed by atoms with Crippen molar-refractivity contribution in [3.05, 3.63) is 29.1 Å². The Morgan fingerprint density at radius 1 is 1.78 bits per heavy atom. The van der Waals surface area contributed by atoms with Crippen molar-refractivity contribution in [2.45, 2.75) is 6.92 Å². The van der Waals surface area contributed by atoms with Gasteiger partial charge in [0.15, 0.2) is 0 Å². The van der Waals surface area contributed by atoms with Crippen LogP contribution in [0.5, 0.6) is 0 Å². The lowest BCUT2D eigenvalue weighted by atomic mass is 10.3. The second kappa shape index (κ2) is 2.40. The van der Waals surface area contributed by atoms with E-state index in [9.17, 15) is 0 Å². The maximum Gasteiger partial charge on any atom is 0.130 e. The molecule has 1 aromatic rings. The van der Waals surface area contributed by atoms with Gasteiger partial charge in [-0.05, 0) is 34.5 Å². The van der Waals surface area contributed by atoms with E-state index in [0.717, 1.165) is 15.8 Å². The van der Waals surface area contributed by atoms with E-state index in [1.54, 1.807) is 6.26 Å². The molecule has 0 saturated carbocycles. The first-order valence-electron chi connectivity index (χ1n) is 2.60. The second-order valence-electron chi connectivity index (χ2n) is 1.91. The van der Waals surface area contributed by atoms with Gasteiger partial charge in [-0.1, -0.05) is 6.58 Å². The number of halogens is 1. The molecule has 0 aliphatic rings. The first-order chi connectivity index (χ1) is 4.20. The lowest BCUT2D eigenvalue weighted by Crippen LogP contribution is -1.65. The summed E-state index contributed by atoms with van der Waals surface area (Å²) in [6.45, 7) is 5.63. The van der Waals surface area contributed by atoms with Crippen molar-refractivity contribution in [3.63, 3.8) is 0 Å². The molecule has 0 unspecified atom stereocenters. The van der Waals surface area contributed by atoms with E-state index in [4.69, 9.17) is 4.42 Å². The van der Waals surface area contributed by atoms with Gasteiger partial charge in [0.05, 0.1) is 4.47 Å². The van der Waals surface area contributed by atoms with Gasteiger partial charge >= 0.3 is 0 Å². The summed E-state index contributed by atoms with van der Waals surface area (Å²) in [5.41, 5.74) is 0.945. The molecular weight excluding hydrogens is 180 g/mol. The predicted molar refractivity (Wildman–Crippen MR) is 41.1 cm³/mol. The van der Waals surface area contributed by atoms with Gasteiger partial charge < -0.3 is 4.42 Å². The fourth-order valence-electron chi connectivity index (χ4n) is 0.537. The average molecular weight is 187 g/mol. The fraction of sp³-hybridized carbons (Fsp3) is 0.143. The quantitative estimate of drug-likeness (QED) is 0.658. The summed E-state index contributed by atoms with van der Waals surface area (Å²) in [6.07, 6.45) is 1.64. The molecule has 0 amide bonds. The zero-order valence-electron chi connectivity index (χ0n) is 5.15. The Balaban J connectivity index is 2.98. The monoisotopic (exact) mass is 186 g/mol. The fourth-order valence-corrected chi connectivity index (χ4v) is 0.838. The molecule has 1 rings (SSSR count). The molecule has 0 bridgehead atoms. The third kappa shape index (κ3) is 1.45. The summed E-state index contributed by atoms with van der Waals surface area (Å²) >= 11 is 3.27. The molecule has 0 atom stereocenters. The predicted octanol–water partition coefficient (Wildman–Crippen LogP) is 3.08. The molecule has 1 heterocycles. The molecule has 0 radical (unpaired) electrons. The standard InChI is InChI=1S/C7H7BrO/c1-5(2)7-3-6(8)4-9-7/h3-4H,1H2,2H3. The van der Waals surface area contributed by atoms with Crippen LogP contribution in [0.4, 0.5) is 0 Å². The largest absolute Gasteiger partial charge is 0.464 e. The van der Waals surface area contributed by atoms with Crippen LogP contribution in [-0.2, 0) is 0 Å². The maximum absolute atomic E-state index is 5.08. The number of allylic oxidation sites excluding steroid dienone is 1. The highest BCUT2D eigenvalue weighted by molar-refractivity contribution is 9.10. The highest BCUT2D eigenvalue weighted by Crippen LogP contribution is 2.18. The Morgan fingerprint density at radius 2 is 2.44 bits per heavy atom. The molecule has 0 N–H and O–H groups in total. The summed E-state index contributed by atoms with van der Waals surface area (Å²) in [6, 6.07) is 1.89. The van der Waals surface area contributed by atoms with E-state index in [1.807, 2.05) is 13.0 Å². The van der Waals surface area contributed by atoms with Crippen molar-refractivity contribution in [1.82, 2.24) is 0 Å². The van der Waals surface area contributed by atoms with Crippen molar-refractivity contribution < 1.29 is 4.42 Å². The summed E-state index contributed by atoms with van der Waals surface area (Å²) in [4.78, 5) is 0. The van der Waals surface area contributed by atoms with Gasteiger partial charge in [-0.3, -0.25) is 0 Å². The van der Waals surface area contributed by atoms with Crippen LogP contribution in [0.2, 0.25) is 0 Å². The van der Waals surface area contributed by atoms with Gasteiger partial charge in [0.2, 0.25) is 0 Å². The average Bonchev–Trinajstić information content (AvgIpc) is 2.14. The zero-order valence-corrected chi connectivity index (χ0v) is 6.73. The molecule has 48 valence electrons. The van der Waals surface area contributed by atoms with Gasteiger partial charge in [-0.15, -0.1) is 0 Å². The minimum absolute atomic E-state index is 0.835. The van der Waals surface area contributed by atoms with Crippen molar-refractivity contribution in [2.75, 3.05) is 0 Å². The maximum atomic E-state index is 5.08. The minimum atomic E-state index is 0.835. The number of rotatable bonds is 1. The lowest BCUT2D eigenvalue weighted by molar-refractivity contribution is 0.552. The molecule has 0 saturated heterocycles. The molecule has 9 heavy (non-hydrogen) atoms. The van der Waals surface area contributed by atoms with Crippen LogP contribution in [0, 0.1) is 0 Å². The van der Waals surface area contributed by atoms with Crippen molar-refractivity contribution >= 4 is 21.5 Å². The second-order valence-corrected chi connectivity index (χ2v) is 2.83. The van der Waals surface area contributed by atoms with Crippen LogP contribution < -0.4 is 0 Å². The molecule has 1 aromatic heterocycles. The smallest absolute Gasteiger partial charge is 0.130 e. The number of furan rings is 1. The van der Waals surface area contributed by atoms with E-state index in [1.165, 1.54) is 0 Å². The summed E-state index contributed by atoms with van der Waals surface area (Å²) in [7, 11) is 0. The van der Waals surface area contributed by atoms with Crippen LogP contribution in [0.1, 0.15) is 12.7 Å². The Bertz CT molecular complexity index is 225. The zero-order chi connectivity index (χ0) is 6.85. The van der Waals surface area contributed by atoms with Gasteiger partial charge in [-0.25, -0.2) is 0 Å². The van der Waals surface area contributed by atoms with Crippen LogP contribution in [-0.4, -0.2) is 0 Å². The van der Waals surface area contributed by atoms with Crippen molar-refractivity contribution in [2.24, 2.45) is 0 Å². The van der Waals surface area contributed by atoms with Gasteiger partial charge in [0, 0.05) is 0 Å². The Hall–Kier alpha value is -0.500. The van der Waals surface area contributed by atoms with Crippen LogP contribution in [0.25, 0.3) is 5.57 Å². The van der Waals surface area contributed by atoms with E-state index < -0.39 is 0 Å². The number of hydrogen-bond donors (Lipinski definition) is 0. The topological polar surface area (TPSA) is 13.1 Å². The van der Waals surface area contributed by atoms with Crippen LogP contribution >= 0.6 is 15.9 Å². The van der Waals surface area contributed by atoms with E-state index in [2.05, 4.69) is 22.5 Å². The molecule has 0 fully saturated rings. The summed E-state index contributed by atoms with van der Waals surface area (Å²) in [5, 5.41) is 0. The summed E-state index contributed by atoms with van der Waals surface area (Å²) < 4.78 is 6.04. The molecular formula is C7H7BrO. The Labute approximate surface area is 62.5 Å². The van der Waals surface area contributed by atoms with E-state index >= 15 is 0 Å². The minimum Gasteiger partial charge on any atom is -0.464 e. The van der Waals surface area contributed by atoms with E-state index in [0.29, 0.717) is 0 Å². The molecule has 0 aromatic carbocycles. The molecule has 1 nitrogen and oxygen atoms in total. The van der Waals surface area contributed by atoms with Crippen molar-refractivity contribution in [3.8, 4) is 0 Å². The normalized spacial score (nSPS) is 9.56. The van der Waals surface area contributed by atoms with Gasteiger partial charge in [0.25, 0.3) is 0 Å². The van der Waals surface area contributed by atoms with E-state index in [-0.39, 0.29) is 0 Å². The lowest BCUT2D eigenvalue weighted by Gasteiger charge is -1.86. The Morgan fingerprint density at radius 3 is 2.67 bits per heavy atom. The van der Waals surface area contributed by atoms with Gasteiger partial charge in [-0.2, -0.15) is 0 Å². The highest BCUT2D eigenvalue weighted by Gasteiger charge is 1.97. The first kappa shape index (κ1) is 6.62. The summed E-state index contributed by atoms with van der Waals surface area (Å²) in [5.74, 6) is 0.835. The van der Waals surface area contributed by atoms with Crippen LogP contribution in [0.15, 0.2) is 27.8 Å². The molecule has 0 aliphatic heterocycles. The third-order valence-corrected chi connectivity index (χ3v) is 1.40. The van der Waals surface area contributed by atoms with Crippen molar-refractivity contribution in [1.29, 1.82) is 0 Å².